The van der Waals surface area contributed by atoms with E-state index in [1.807, 2.05) is 0 Å². The molecule has 1 heterocycles. The summed E-state index contributed by atoms with van der Waals surface area (Å²) in [6.07, 6.45) is 4.91. The molecule has 7 nitrogen and oxygen atoms in total. The van der Waals surface area contributed by atoms with Crippen molar-refractivity contribution in [3.63, 3.8) is 0 Å². The monoisotopic (exact) mass is 281 g/mol. The van der Waals surface area contributed by atoms with Crippen molar-refractivity contribution in [2.45, 2.75) is 25.7 Å². The number of ether oxygens (including phenoxy) is 2. The van der Waals surface area contributed by atoms with Gasteiger partial charge in [0.1, 0.15) is 5.76 Å². The Morgan fingerprint density at radius 2 is 1.85 bits per heavy atom. The SMILES string of the molecule is COCOC1=CCCC=C1C(=O)ON1C(=O)CCC1=O. The van der Waals surface area contributed by atoms with Gasteiger partial charge in [0.2, 0.25) is 0 Å². The molecular formula is C13H15NO6. The number of rotatable bonds is 5. The first kappa shape index (κ1) is 14.3. The van der Waals surface area contributed by atoms with Crippen molar-refractivity contribution >= 4 is 17.8 Å². The van der Waals surface area contributed by atoms with E-state index in [2.05, 4.69) is 0 Å². The highest BCUT2D eigenvalue weighted by atomic mass is 16.7. The first-order valence-corrected chi connectivity index (χ1v) is 6.24. The normalized spacial score (nSPS) is 18.8. The van der Waals surface area contributed by atoms with Crippen LogP contribution in [0.15, 0.2) is 23.5 Å². The lowest BCUT2D eigenvalue weighted by Crippen LogP contribution is -2.33. The average molecular weight is 281 g/mol. The lowest BCUT2D eigenvalue weighted by Gasteiger charge is -2.18. The van der Waals surface area contributed by atoms with E-state index in [1.54, 1.807) is 12.2 Å². The molecule has 0 bridgehead atoms. The Bertz CT molecular complexity index is 477. The predicted molar refractivity (Wildman–Crippen MR) is 65.5 cm³/mol. The zero-order valence-corrected chi connectivity index (χ0v) is 11.1. The lowest BCUT2D eigenvalue weighted by atomic mass is 10.1. The molecule has 1 saturated heterocycles. The van der Waals surface area contributed by atoms with Crippen LogP contribution in [0, 0.1) is 0 Å². The minimum atomic E-state index is -0.782. The summed E-state index contributed by atoms with van der Waals surface area (Å²) in [5.41, 5.74) is 0.195. The van der Waals surface area contributed by atoms with Crippen molar-refractivity contribution in [2.75, 3.05) is 13.9 Å². The zero-order valence-electron chi connectivity index (χ0n) is 11.1. The Balaban J connectivity index is 2.04. The van der Waals surface area contributed by atoms with Crippen LogP contribution in [0.5, 0.6) is 0 Å². The number of allylic oxidation sites excluding steroid dienone is 2. The fourth-order valence-corrected chi connectivity index (χ4v) is 1.89. The molecule has 0 unspecified atom stereocenters. The molecule has 1 aliphatic heterocycles. The smallest absolute Gasteiger partial charge is 0.367 e. The first-order chi connectivity index (χ1) is 9.63. The fraction of sp³-hybridized carbons (Fsp3) is 0.462. The zero-order chi connectivity index (χ0) is 14.5. The van der Waals surface area contributed by atoms with Crippen molar-refractivity contribution in [2.24, 2.45) is 0 Å². The van der Waals surface area contributed by atoms with E-state index in [1.165, 1.54) is 7.11 Å². The second kappa shape index (κ2) is 6.33. The maximum Gasteiger partial charge on any atom is 0.367 e. The Hall–Kier alpha value is -2.15. The van der Waals surface area contributed by atoms with Crippen LogP contribution in [0.25, 0.3) is 0 Å². The van der Waals surface area contributed by atoms with Crippen LogP contribution in [-0.4, -0.2) is 36.7 Å². The second-order valence-corrected chi connectivity index (χ2v) is 4.27. The number of hydrogen-bond donors (Lipinski definition) is 0. The number of amides is 2. The van der Waals surface area contributed by atoms with Gasteiger partial charge in [-0.25, -0.2) is 4.79 Å². The van der Waals surface area contributed by atoms with Crippen LogP contribution in [0.4, 0.5) is 0 Å². The van der Waals surface area contributed by atoms with Crippen molar-refractivity contribution in [1.29, 1.82) is 0 Å². The summed E-state index contributed by atoms with van der Waals surface area (Å²) >= 11 is 0. The number of methoxy groups -OCH3 is 1. The Morgan fingerprint density at radius 3 is 2.50 bits per heavy atom. The van der Waals surface area contributed by atoms with Gasteiger partial charge in [0.05, 0.1) is 5.57 Å². The van der Waals surface area contributed by atoms with Gasteiger partial charge in [-0.3, -0.25) is 9.59 Å². The van der Waals surface area contributed by atoms with E-state index < -0.39 is 17.8 Å². The van der Waals surface area contributed by atoms with Gasteiger partial charge in [-0.2, -0.15) is 0 Å². The van der Waals surface area contributed by atoms with Crippen LogP contribution >= 0.6 is 0 Å². The van der Waals surface area contributed by atoms with Crippen LogP contribution in [-0.2, 0) is 28.7 Å². The summed E-state index contributed by atoms with van der Waals surface area (Å²) in [4.78, 5) is 39.7. The third-order valence-electron chi connectivity index (χ3n) is 2.84. The summed E-state index contributed by atoms with van der Waals surface area (Å²) in [6.45, 7) is -0.00196. The molecule has 20 heavy (non-hydrogen) atoms. The van der Waals surface area contributed by atoms with Crippen molar-refractivity contribution < 1.29 is 28.7 Å². The number of hydroxylamine groups is 2. The Labute approximate surface area is 115 Å². The van der Waals surface area contributed by atoms with Crippen molar-refractivity contribution in [3.05, 3.63) is 23.5 Å². The molecule has 2 amide bonds. The van der Waals surface area contributed by atoms with Gasteiger partial charge in [-0.15, -0.1) is 5.06 Å². The highest BCUT2D eigenvalue weighted by Crippen LogP contribution is 2.23. The van der Waals surface area contributed by atoms with E-state index in [0.717, 1.165) is 6.42 Å². The van der Waals surface area contributed by atoms with Crippen LogP contribution in [0.2, 0.25) is 0 Å². The number of carbonyl (C=O) groups is 3. The maximum absolute atomic E-state index is 12.0. The molecule has 0 atom stereocenters. The van der Waals surface area contributed by atoms with Gasteiger partial charge in [0.15, 0.2) is 6.79 Å². The van der Waals surface area contributed by atoms with Gasteiger partial charge in [-0.05, 0) is 18.9 Å². The van der Waals surface area contributed by atoms with Crippen LogP contribution < -0.4 is 0 Å². The van der Waals surface area contributed by atoms with Gasteiger partial charge >= 0.3 is 5.97 Å². The van der Waals surface area contributed by atoms with E-state index in [0.29, 0.717) is 17.2 Å². The van der Waals surface area contributed by atoms with E-state index in [-0.39, 0.29) is 25.2 Å². The van der Waals surface area contributed by atoms with E-state index in [4.69, 9.17) is 14.3 Å². The first-order valence-electron chi connectivity index (χ1n) is 6.24. The van der Waals surface area contributed by atoms with Crippen LogP contribution in [0.3, 0.4) is 0 Å². The molecule has 108 valence electrons. The predicted octanol–water partition coefficient (Wildman–Crippen LogP) is 0.818. The standard InChI is InChI=1S/C13H15NO6/c1-18-8-19-10-5-3-2-4-9(10)13(17)20-14-11(15)6-7-12(14)16/h4-5H,2-3,6-8H2,1H3. The molecule has 0 N–H and O–H groups in total. The van der Waals surface area contributed by atoms with Gasteiger partial charge in [-0.1, -0.05) is 6.08 Å². The molecule has 0 aromatic rings. The molecular weight excluding hydrogens is 266 g/mol. The number of carbonyl (C=O) groups excluding carboxylic acids is 3. The Morgan fingerprint density at radius 1 is 1.20 bits per heavy atom. The number of hydrogen-bond acceptors (Lipinski definition) is 6. The molecule has 0 saturated carbocycles. The minimum Gasteiger partial charge on any atom is -0.467 e. The quantitative estimate of drug-likeness (QED) is 0.548. The third kappa shape index (κ3) is 3.05. The molecule has 1 fully saturated rings. The van der Waals surface area contributed by atoms with Crippen molar-refractivity contribution in [1.82, 2.24) is 5.06 Å². The molecule has 2 rings (SSSR count). The maximum atomic E-state index is 12.0. The lowest BCUT2D eigenvalue weighted by molar-refractivity contribution is -0.194. The summed E-state index contributed by atoms with van der Waals surface area (Å²) < 4.78 is 10.0. The fourth-order valence-electron chi connectivity index (χ4n) is 1.89. The molecule has 7 heteroatoms. The van der Waals surface area contributed by atoms with Gasteiger partial charge in [0.25, 0.3) is 11.8 Å². The molecule has 0 aromatic carbocycles. The molecule has 0 spiro atoms. The van der Waals surface area contributed by atoms with Crippen molar-refractivity contribution in [3.8, 4) is 0 Å². The summed E-state index contributed by atoms with van der Waals surface area (Å²) in [7, 11) is 1.46. The van der Waals surface area contributed by atoms with E-state index >= 15 is 0 Å². The van der Waals surface area contributed by atoms with Crippen LogP contribution in [0.1, 0.15) is 25.7 Å². The van der Waals surface area contributed by atoms with E-state index in [9.17, 15) is 14.4 Å². The molecule has 2 aliphatic rings. The minimum absolute atomic E-state index is 0.00196. The second-order valence-electron chi connectivity index (χ2n) is 4.27. The average Bonchev–Trinajstić information content (AvgIpc) is 2.77. The molecule has 0 aromatic heterocycles. The molecule has 1 aliphatic carbocycles. The highest BCUT2D eigenvalue weighted by molar-refractivity contribution is 6.03. The summed E-state index contributed by atoms with van der Waals surface area (Å²) in [5, 5.41) is 0.520. The summed E-state index contributed by atoms with van der Waals surface area (Å²) in [6, 6.07) is 0. The van der Waals surface area contributed by atoms with Gasteiger partial charge in [0, 0.05) is 20.0 Å². The molecule has 0 radical (unpaired) electrons. The highest BCUT2D eigenvalue weighted by Gasteiger charge is 2.34. The number of nitrogens with zero attached hydrogens (tertiary/aromatic N) is 1. The van der Waals surface area contributed by atoms with Gasteiger partial charge < -0.3 is 14.3 Å². The third-order valence-corrected chi connectivity index (χ3v) is 2.84. The topological polar surface area (TPSA) is 82.1 Å². The Kier molecular flexibility index (Phi) is 4.52. The number of imide groups is 1. The summed E-state index contributed by atoms with van der Waals surface area (Å²) in [5.74, 6) is -1.47. The largest absolute Gasteiger partial charge is 0.467 e.